The normalized spacial score (nSPS) is 12.2. The van der Waals surface area contributed by atoms with Gasteiger partial charge >= 0.3 is 0 Å². The predicted molar refractivity (Wildman–Crippen MR) is 108 cm³/mol. The Morgan fingerprint density at radius 1 is 1.12 bits per heavy atom. The molecule has 2 rings (SSSR count). The van der Waals surface area contributed by atoms with Crippen LogP contribution in [0.25, 0.3) is 0 Å². The van der Waals surface area contributed by atoms with Gasteiger partial charge in [0.25, 0.3) is 5.91 Å². The molecule has 1 amide bonds. The number of thioether (sulfide) groups is 1. The van der Waals surface area contributed by atoms with Gasteiger partial charge < -0.3 is 0 Å². The number of amides is 1. The average molecular weight is 371 g/mol. The molecule has 0 bridgehead atoms. The number of nitrogens with zero attached hydrogens (tertiary/aromatic N) is 3. The molecule has 0 radical (unpaired) electrons. The summed E-state index contributed by atoms with van der Waals surface area (Å²) in [5.74, 6) is 0.0474. The summed E-state index contributed by atoms with van der Waals surface area (Å²) in [6, 6.07) is 10.2. The third kappa shape index (κ3) is 5.95. The predicted octanol–water partition coefficient (Wildman–Crippen LogP) is 4.02. The summed E-state index contributed by atoms with van der Waals surface area (Å²) >= 11 is 1.31. The fourth-order valence-electron chi connectivity index (χ4n) is 2.34. The number of hydrogen-bond acceptors (Lipinski definition) is 5. The van der Waals surface area contributed by atoms with E-state index in [9.17, 15) is 4.79 Å². The molecule has 1 aromatic heterocycles. The molecule has 0 saturated carbocycles. The van der Waals surface area contributed by atoms with E-state index in [-0.39, 0.29) is 17.1 Å². The molecule has 0 aliphatic rings. The van der Waals surface area contributed by atoms with Crippen LogP contribution in [-0.4, -0.2) is 27.3 Å². The molecule has 0 fully saturated rings. The highest BCUT2D eigenvalue weighted by Gasteiger charge is 2.13. The first-order valence-electron chi connectivity index (χ1n) is 8.54. The molecule has 1 N–H and O–H groups in total. The molecular formula is C20H26N4OS. The third-order valence-electron chi connectivity index (χ3n) is 3.81. The monoisotopic (exact) mass is 370 g/mol. The lowest BCUT2D eigenvalue weighted by molar-refractivity contribution is -0.118. The van der Waals surface area contributed by atoms with E-state index >= 15 is 0 Å². The number of nitrogens with one attached hydrogen (secondary N) is 1. The van der Waals surface area contributed by atoms with Crippen LogP contribution in [0.15, 0.2) is 40.6 Å². The third-order valence-corrected chi connectivity index (χ3v) is 4.66. The first-order chi connectivity index (χ1) is 12.1. The Hall–Kier alpha value is -2.21. The van der Waals surface area contributed by atoms with E-state index in [1.165, 1.54) is 17.3 Å². The van der Waals surface area contributed by atoms with Gasteiger partial charge in [0, 0.05) is 11.4 Å². The molecule has 0 unspecified atom stereocenters. The van der Waals surface area contributed by atoms with E-state index in [2.05, 4.69) is 53.4 Å². The Bertz CT molecular complexity index is 787. The van der Waals surface area contributed by atoms with Gasteiger partial charge in [0.05, 0.1) is 11.5 Å². The Balaban J connectivity index is 1.92. The fourth-order valence-corrected chi connectivity index (χ4v) is 3.08. The highest BCUT2D eigenvalue weighted by atomic mass is 32.2. The lowest BCUT2D eigenvalue weighted by atomic mass is 9.86. The number of benzene rings is 1. The van der Waals surface area contributed by atoms with Crippen LogP contribution < -0.4 is 5.43 Å². The van der Waals surface area contributed by atoms with Crippen molar-refractivity contribution in [3.05, 3.63) is 52.8 Å². The lowest BCUT2D eigenvalue weighted by Crippen LogP contribution is -2.21. The standard InChI is InChI=1S/C20H26N4OS/c1-13-11-14(2)22-19(21-13)26-12-18(25)24-23-15(3)16-7-9-17(10-8-16)20(4,5)6/h7-11H,12H2,1-6H3,(H,24,25). The van der Waals surface area contributed by atoms with Crippen LogP contribution in [-0.2, 0) is 10.2 Å². The molecule has 0 atom stereocenters. The van der Waals surface area contributed by atoms with Gasteiger partial charge in [-0.25, -0.2) is 15.4 Å². The number of aromatic nitrogens is 2. The largest absolute Gasteiger partial charge is 0.272 e. The summed E-state index contributed by atoms with van der Waals surface area (Å²) in [6.45, 7) is 12.3. The van der Waals surface area contributed by atoms with Gasteiger partial charge in [-0.15, -0.1) is 0 Å². The Morgan fingerprint density at radius 3 is 2.23 bits per heavy atom. The Morgan fingerprint density at radius 2 is 1.69 bits per heavy atom. The van der Waals surface area contributed by atoms with Gasteiger partial charge in [0.15, 0.2) is 5.16 Å². The molecule has 0 saturated heterocycles. The quantitative estimate of drug-likeness (QED) is 0.373. The molecule has 26 heavy (non-hydrogen) atoms. The minimum absolute atomic E-state index is 0.116. The topological polar surface area (TPSA) is 67.2 Å². The minimum Gasteiger partial charge on any atom is -0.272 e. The van der Waals surface area contributed by atoms with Crippen molar-refractivity contribution in [2.75, 3.05) is 5.75 Å². The first kappa shape index (κ1) is 20.1. The zero-order valence-corrected chi connectivity index (χ0v) is 17.1. The zero-order valence-electron chi connectivity index (χ0n) is 16.3. The summed E-state index contributed by atoms with van der Waals surface area (Å²) in [6.07, 6.45) is 0. The van der Waals surface area contributed by atoms with Gasteiger partial charge in [0.2, 0.25) is 0 Å². The van der Waals surface area contributed by atoms with Gasteiger partial charge in [-0.3, -0.25) is 4.79 Å². The fraction of sp³-hybridized carbons (Fsp3) is 0.400. The maximum Gasteiger partial charge on any atom is 0.250 e. The van der Waals surface area contributed by atoms with E-state index in [0.717, 1.165) is 22.7 Å². The van der Waals surface area contributed by atoms with E-state index in [1.54, 1.807) is 0 Å². The van der Waals surface area contributed by atoms with Gasteiger partial charge in [0.1, 0.15) is 0 Å². The Labute approximate surface area is 159 Å². The molecule has 1 aromatic carbocycles. The number of aryl methyl sites for hydroxylation is 2. The average Bonchev–Trinajstić information content (AvgIpc) is 2.56. The van der Waals surface area contributed by atoms with Crippen LogP contribution in [0, 0.1) is 13.8 Å². The molecule has 138 valence electrons. The second-order valence-electron chi connectivity index (χ2n) is 7.28. The van der Waals surface area contributed by atoms with Crippen molar-refractivity contribution in [1.82, 2.24) is 15.4 Å². The van der Waals surface area contributed by atoms with Crippen molar-refractivity contribution < 1.29 is 4.79 Å². The van der Waals surface area contributed by atoms with E-state index in [0.29, 0.717) is 5.16 Å². The summed E-state index contributed by atoms with van der Waals surface area (Å²) in [7, 11) is 0. The van der Waals surface area contributed by atoms with Crippen molar-refractivity contribution in [3.63, 3.8) is 0 Å². The van der Waals surface area contributed by atoms with Crippen molar-refractivity contribution in [2.24, 2.45) is 5.10 Å². The number of hydrogen-bond donors (Lipinski definition) is 1. The SMILES string of the molecule is CC(=NNC(=O)CSc1nc(C)cc(C)n1)c1ccc(C(C)(C)C)cc1. The van der Waals surface area contributed by atoms with E-state index in [4.69, 9.17) is 0 Å². The number of carbonyl (C=O) groups is 1. The van der Waals surface area contributed by atoms with Crippen molar-refractivity contribution in [3.8, 4) is 0 Å². The molecule has 0 aliphatic heterocycles. The number of hydrazone groups is 1. The maximum absolute atomic E-state index is 12.0. The molecule has 2 aromatic rings. The molecular weight excluding hydrogens is 344 g/mol. The number of rotatable bonds is 5. The van der Waals surface area contributed by atoms with E-state index < -0.39 is 0 Å². The Kier molecular flexibility index (Phi) is 6.53. The highest BCUT2D eigenvalue weighted by molar-refractivity contribution is 7.99. The van der Waals surface area contributed by atoms with Crippen LogP contribution in [0.5, 0.6) is 0 Å². The molecule has 6 heteroatoms. The van der Waals surface area contributed by atoms with Crippen LogP contribution in [0.4, 0.5) is 0 Å². The molecule has 1 heterocycles. The molecule has 0 aliphatic carbocycles. The second kappa shape index (κ2) is 8.45. The summed E-state index contributed by atoms with van der Waals surface area (Å²) < 4.78 is 0. The van der Waals surface area contributed by atoms with Crippen LogP contribution in [0.3, 0.4) is 0 Å². The summed E-state index contributed by atoms with van der Waals surface area (Å²) in [4.78, 5) is 20.6. The molecule has 0 spiro atoms. The van der Waals surface area contributed by atoms with Gasteiger partial charge in [-0.1, -0.05) is 56.8 Å². The van der Waals surface area contributed by atoms with Crippen molar-refractivity contribution in [2.45, 2.75) is 52.1 Å². The van der Waals surface area contributed by atoms with Crippen molar-refractivity contribution >= 4 is 23.4 Å². The highest BCUT2D eigenvalue weighted by Crippen LogP contribution is 2.22. The maximum atomic E-state index is 12.0. The van der Waals surface area contributed by atoms with E-state index in [1.807, 2.05) is 39.0 Å². The first-order valence-corrected chi connectivity index (χ1v) is 9.53. The lowest BCUT2D eigenvalue weighted by Gasteiger charge is -2.19. The zero-order chi connectivity index (χ0) is 19.3. The smallest absolute Gasteiger partial charge is 0.250 e. The van der Waals surface area contributed by atoms with Crippen LogP contribution in [0.1, 0.15) is 50.2 Å². The van der Waals surface area contributed by atoms with Gasteiger partial charge in [-0.05, 0) is 43.4 Å². The van der Waals surface area contributed by atoms with Crippen LogP contribution in [0.2, 0.25) is 0 Å². The number of carbonyl (C=O) groups excluding carboxylic acids is 1. The van der Waals surface area contributed by atoms with Gasteiger partial charge in [-0.2, -0.15) is 5.10 Å². The van der Waals surface area contributed by atoms with Crippen molar-refractivity contribution in [1.29, 1.82) is 0 Å². The second-order valence-corrected chi connectivity index (χ2v) is 8.22. The summed E-state index contributed by atoms with van der Waals surface area (Å²) in [5, 5.41) is 4.80. The minimum atomic E-state index is -0.177. The van der Waals surface area contributed by atoms with Crippen LogP contribution >= 0.6 is 11.8 Å². The molecule has 5 nitrogen and oxygen atoms in total. The summed E-state index contributed by atoms with van der Waals surface area (Å²) in [5.41, 5.74) is 7.53.